The van der Waals surface area contributed by atoms with Gasteiger partial charge in [0.2, 0.25) is 0 Å². The molecule has 0 aromatic heterocycles. The summed E-state index contributed by atoms with van der Waals surface area (Å²) in [6.07, 6.45) is -4.80. The van der Waals surface area contributed by atoms with Crippen molar-refractivity contribution in [2.75, 3.05) is 38.3 Å². The molecule has 22 heavy (non-hydrogen) atoms. The van der Waals surface area contributed by atoms with Gasteiger partial charge in [-0.1, -0.05) is 11.6 Å². The largest absolute Gasteiger partial charge is 0.418 e. The summed E-state index contributed by atoms with van der Waals surface area (Å²) < 4.78 is 43.2. The van der Waals surface area contributed by atoms with Crippen LogP contribution in [0.15, 0.2) is 12.1 Å². The van der Waals surface area contributed by atoms with E-state index in [4.69, 9.17) is 21.4 Å². The van der Waals surface area contributed by atoms with Gasteiger partial charge in [0.1, 0.15) is 5.69 Å². The first kappa shape index (κ1) is 18.5. The number of nitro groups is 1. The molecule has 10 heteroatoms. The number of methoxy groups -OCH3 is 1. The number of hydrogen-bond donors (Lipinski definition) is 1. The third-order valence-electron chi connectivity index (χ3n) is 2.84. The van der Waals surface area contributed by atoms with Crippen LogP contribution in [-0.2, 0) is 10.9 Å². The summed E-state index contributed by atoms with van der Waals surface area (Å²) in [7, 11) is 1.41. The molecule has 0 atom stereocenters. The molecule has 1 aromatic carbocycles. The van der Waals surface area contributed by atoms with Crippen molar-refractivity contribution < 1.29 is 27.9 Å². The number of nitro benzene ring substituents is 1. The molecule has 6 nitrogen and oxygen atoms in total. The fourth-order valence-electron chi connectivity index (χ4n) is 1.84. The van der Waals surface area contributed by atoms with Gasteiger partial charge in [0.25, 0.3) is 5.69 Å². The molecule has 1 aromatic rings. The van der Waals surface area contributed by atoms with E-state index >= 15 is 0 Å². The molecule has 1 N–H and O–H groups in total. The molecule has 0 spiro atoms. The van der Waals surface area contributed by atoms with E-state index in [-0.39, 0.29) is 32.0 Å². The van der Waals surface area contributed by atoms with Crippen LogP contribution in [0, 0.1) is 10.1 Å². The fourth-order valence-corrected chi connectivity index (χ4v) is 2.11. The van der Waals surface area contributed by atoms with Gasteiger partial charge in [-0.2, -0.15) is 13.2 Å². The molecule has 0 unspecified atom stereocenters. The van der Waals surface area contributed by atoms with E-state index < -0.39 is 27.4 Å². The van der Waals surface area contributed by atoms with E-state index in [9.17, 15) is 23.3 Å². The predicted molar refractivity (Wildman–Crippen MR) is 74.3 cm³/mol. The highest BCUT2D eigenvalue weighted by Gasteiger charge is 2.36. The van der Waals surface area contributed by atoms with Crippen LogP contribution in [0.3, 0.4) is 0 Å². The minimum atomic E-state index is -4.80. The van der Waals surface area contributed by atoms with Gasteiger partial charge in [-0.15, -0.1) is 0 Å². The molecule has 1 rings (SSSR count). The molecular weight excluding hydrogens is 329 g/mol. The molecule has 0 bridgehead atoms. The van der Waals surface area contributed by atoms with Crippen LogP contribution >= 0.6 is 11.6 Å². The van der Waals surface area contributed by atoms with Crippen molar-refractivity contribution in [2.24, 2.45) is 0 Å². The summed E-state index contributed by atoms with van der Waals surface area (Å²) in [6.45, 7) is -0.0131. The average Bonchev–Trinajstić information content (AvgIpc) is 2.41. The standard InChI is InChI=1S/C12H14ClF3N2O4/c1-22-5-3-17(2-4-19)10-7-9(13)8(12(14,15)16)6-11(10)18(20)21/h6-7,19H,2-5H2,1H3. The van der Waals surface area contributed by atoms with Crippen molar-refractivity contribution in [2.45, 2.75) is 6.18 Å². The first-order valence-electron chi connectivity index (χ1n) is 6.12. The SMILES string of the molecule is COCCN(CCO)c1cc(Cl)c(C(F)(F)F)cc1[N+](=O)[O-]. The third kappa shape index (κ3) is 4.46. The minimum absolute atomic E-state index is 0.00804. The molecular formula is C12H14ClF3N2O4. The second kappa shape index (κ2) is 7.61. The molecule has 0 saturated heterocycles. The lowest BCUT2D eigenvalue weighted by Gasteiger charge is -2.24. The van der Waals surface area contributed by atoms with E-state index in [1.54, 1.807) is 0 Å². The molecule has 0 amide bonds. The maximum atomic E-state index is 12.8. The van der Waals surface area contributed by atoms with Crippen LogP contribution in [0.4, 0.5) is 24.5 Å². The highest BCUT2D eigenvalue weighted by molar-refractivity contribution is 6.31. The first-order chi connectivity index (χ1) is 10.2. The van der Waals surface area contributed by atoms with Gasteiger partial charge in [-0.05, 0) is 6.07 Å². The highest BCUT2D eigenvalue weighted by Crippen LogP contribution is 2.41. The number of alkyl halides is 3. The molecule has 0 saturated carbocycles. The second-order valence-electron chi connectivity index (χ2n) is 4.28. The second-order valence-corrected chi connectivity index (χ2v) is 4.69. The van der Waals surface area contributed by atoms with Crippen molar-refractivity contribution in [3.05, 3.63) is 32.8 Å². The Kier molecular flexibility index (Phi) is 6.39. The number of benzene rings is 1. The number of nitrogens with zero attached hydrogens (tertiary/aromatic N) is 2. The minimum Gasteiger partial charge on any atom is -0.395 e. The molecule has 124 valence electrons. The summed E-state index contributed by atoms with van der Waals surface area (Å²) in [4.78, 5) is 11.5. The maximum absolute atomic E-state index is 12.8. The molecule has 0 aliphatic rings. The zero-order chi connectivity index (χ0) is 16.9. The van der Waals surface area contributed by atoms with Gasteiger partial charge in [0.15, 0.2) is 0 Å². The fraction of sp³-hybridized carbons (Fsp3) is 0.500. The number of anilines is 1. The Bertz CT molecular complexity index is 540. The van der Waals surface area contributed by atoms with Gasteiger partial charge >= 0.3 is 6.18 Å². The maximum Gasteiger partial charge on any atom is 0.418 e. The van der Waals surface area contributed by atoms with E-state index in [2.05, 4.69) is 0 Å². The zero-order valence-corrected chi connectivity index (χ0v) is 12.3. The van der Waals surface area contributed by atoms with Crippen LogP contribution in [0.2, 0.25) is 5.02 Å². The summed E-state index contributed by atoms with van der Waals surface area (Å²) >= 11 is 5.61. The van der Waals surface area contributed by atoms with Crippen molar-refractivity contribution in [3.8, 4) is 0 Å². The Morgan fingerprint density at radius 1 is 1.41 bits per heavy atom. The van der Waals surface area contributed by atoms with Crippen LogP contribution < -0.4 is 4.90 Å². The molecule has 0 aliphatic heterocycles. The van der Waals surface area contributed by atoms with E-state index in [1.165, 1.54) is 12.0 Å². The molecule has 0 radical (unpaired) electrons. The summed E-state index contributed by atoms with van der Waals surface area (Å²) in [5.74, 6) is 0. The van der Waals surface area contributed by atoms with Crippen molar-refractivity contribution in [1.29, 1.82) is 0 Å². The van der Waals surface area contributed by atoms with Gasteiger partial charge < -0.3 is 14.7 Å². The lowest BCUT2D eigenvalue weighted by molar-refractivity contribution is -0.384. The Hall–Kier alpha value is -1.58. The number of hydrogen-bond acceptors (Lipinski definition) is 5. The number of aliphatic hydroxyl groups is 1. The lowest BCUT2D eigenvalue weighted by atomic mass is 10.1. The highest BCUT2D eigenvalue weighted by atomic mass is 35.5. The lowest BCUT2D eigenvalue weighted by Crippen LogP contribution is -2.31. The average molecular weight is 343 g/mol. The van der Waals surface area contributed by atoms with Crippen LogP contribution in [0.25, 0.3) is 0 Å². The molecule has 0 heterocycles. The molecule has 0 fully saturated rings. The monoisotopic (exact) mass is 342 g/mol. The first-order valence-corrected chi connectivity index (χ1v) is 6.50. The van der Waals surface area contributed by atoms with Crippen molar-refractivity contribution >= 4 is 23.0 Å². The predicted octanol–water partition coefficient (Wildman–Crippen LogP) is 2.71. The van der Waals surface area contributed by atoms with Crippen LogP contribution in [0.5, 0.6) is 0 Å². The number of rotatable bonds is 7. The summed E-state index contributed by atoms with van der Waals surface area (Å²) in [5, 5.41) is 19.4. The normalized spacial score (nSPS) is 11.5. The van der Waals surface area contributed by atoms with Gasteiger partial charge in [-0.25, -0.2) is 0 Å². The number of aliphatic hydroxyl groups excluding tert-OH is 1. The Morgan fingerprint density at radius 2 is 2.05 bits per heavy atom. The van der Waals surface area contributed by atoms with Gasteiger partial charge in [0.05, 0.1) is 28.7 Å². The van der Waals surface area contributed by atoms with Crippen molar-refractivity contribution in [1.82, 2.24) is 0 Å². The topological polar surface area (TPSA) is 75.8 Å². The zero-order valence-electron chi connectivity index (χ0n) is 11.6. The van der Waals surface area contributed by atoms with Gasteiger partial charge in [-0.3, -0.25) is 10.1 Å². The summed E-state index contributed by atoms with van der Waals surface area (Å²) in [5.41, 5.74) is -2.12. The Labute approximate surface area is 129 Å². The van der Waals surface area contributed by atoms with Crippen molar-refractivity contribution in [3.63, 3.8) is 0 Å². The molecule has 0 aliphatic carbocycles. The van der Waals surface area contributed by atoms with E-state index in [1.807, 2.05) is 0 Å². The quantitative estimate of drug-likeness (QED) is 0.609. The van der Waals surface area contributed by atoms with E-state index in [0.29, 0.717) is 6.07 Å². The Balaban J connectivity index is 3.38. The van der Waals surface area contributed by atoms with Gasteiger partial charge in [0, 0.05) is 26.3 Å². The van der Waals surface area contributed by atoms with E-state index in [0.717, 1.165) is 6.07 Å². The van der Waals surface area contributed by atoms with Crippen LogP contribution in [-0.4, -0.2) is 43.4 Å². The van der Waals surface area contributed by atoms with Crippen LogP contribution in [0.1, 0.15) is 5.56 Å². The Morgan fingerprint density at radius 3 is 2.50 bits per heavy atom. The third-order valence-corrected chi connectivity index (χ3v) is 3.15. The number of ether oxygens (including phenoxy) is 1. The summed E-state index contributed by atoms with van der Waals surface area (Å²) in [6, 6.07) is 1.28. The smallest absolute Gasteiger partial charge is 0.395 e. The number of halogens is 4.